The van der Waals surface area contributed by atoms with Gasteiger partial charge in [0.2, 0.25) is 0 Å². The molecule has 0 aliphatic carbocycles. The average molecular weight is 322 g/mol. The molecule has 0 saturated carbocycles. The van der Waals surface area contributed by atoms with Crippen molar-refractivity contribution in [2.75, 3.05) is 41.0 Å². The molecule has 2 N–H and O–H groups in total. The van der Waals surface area contributed by atoms with Crippen molar-refractivity contribution in [1.29, 1.82) is 0 Å². The molecule has 1 fully saturated rings. The van der Waals surface area contributed by atoms with Crippen molar-refractivity contribution in [3.8, 4) is 17.2 Å². The van der Waals surface area contributed by atoms with E-state index in [0.29, 0.717) is 35.3 Å². The summed E-state index contributed by atoms with van der Waals surface area (Å²) in [6.07, 6.45) is 3.09. The van der Waals surface area contributed by atoms with Crippen molar-refractivity contribution >= 4 is 5.91 Å². The smallest absolute Gasteiger partial charge is 0.257 e. The largest absolute Gasteiger partial charge is 0.496 e. The lowest BCUT2D eigenvalue weighted by Gasteiger charge is -2.33. The highest BCUT2D eigenvalue weighted by molar-refractivity contribution is 5.98. The van der Waals surface area contributed by atoms with Gasteiger partial charge in [-0.25, -0.2) is 0 Å². The normalized spacial score (nSPS) is 17.7. The number of nitrogens with two attached hydrogens (primary N) is 1. The zero-order valence-corrected chi connectivity index (χ0v) is 14.1. The molecular weight excluding hydrogens is 296 g/mol. The van der Waals surface area contributed by atoms with Gasteiger partial charge in [-0.15, -0.1) is 0 Å². The van der Waals surface area contributed by atoms with E-state index in [2.05, 4.69) is 0 Å². The number of carbonyl (C=O) groups excluding carboxylic acids is 1. The Morgan fingerprint density at radius 1 is 1.17 bits per heavy atom. The van der Waals surface area contributed by atoms with Gasteiger partial charge >= 0.3 is 0 Å². The minimum absolute atomic E-state index is 0.0375. The minimum atomic E-state index is -0.0375. The van der Waals surface area contributed by atoms with Gasteiger partial charge < -0.3 is 24.8 Å². The predicted octanol–water partition coefficient (Wildman–Crippen LogP) is 1.91. The number of likely N-dealkylation sites (tertiary alicyclic amines) is 1. The Hall–Kier alpha value is -1.95. The fraction of sp³-hybridized carbons (Fsp3) is 0.588. The quantitative estimate of drug-likeness (QED) is 0.866. The van der Waals surface area contributed by atoms with Crippen LogP contribution < -0.4 is 19.9 Å². The molecule has 128 valence electrons. The first-order valence-corrected chi connectivity index (χ1v) is 7.93. The molecule has 1 unspecified atom stereocenters. The van der Waals surface area contributed by atoms with Crippen LogP contribution in [0.2, 0.25) is 0 Å². The maximum Gasteiger partial charge on any atom is 0.257 e. The molecule has 1 heterocycles. The van der Waals surface area contributed by atoms with Crippen molar-refractivity contribution in [3.05, 3.63) is 17.7 Å². The summed E-state index contributed by atoms with van der Waals surface area (Å²) in [5, 5.41) is 0. The number of hydrogen-bond acceptors (Lipinski definition) is 5. The van der Waals surface area contributed by atoms with Gasteiger partial charge in [0.1, 0.15) is 5.75 Å². The molecular formula is C17H26N2O4. The summed E-state index contributed by atoms with van der Waals surface area (Å²) < 4.78 is 15.9. The Balaban J connectivity index is 2.27. The van der Waals surface area contributed by atoms with Crippen molar-refractivity contribution in [1.82, 2.24) is 4.90 Å². The molecule has 23 heavy (non-hydrogen) atoms. The first kappa shape index (κ1) is 17.4. The van der Waals surface area contributed by atoms with E-state index >= 15 is 0 Å². The predicted molar refractivity (Wildman–Crippen MR) is 88.4 cm³/mol. The highest BCUT2D eigenvalue weighted by Gasteiger charge is 2.27. The first-order chi connectivity index (χ1) is 11.1. The van der Waals surface area contributed by atoms with Crippen molar-refractivity contribution in [2.24, 2.45) is 11.7 Å². The molecule has 2 rings (SSSR count). The Bertz CT molecular complexity index is 546. The fourth-order valence-electron chi connectivity index (χ4n) is 3.09. The molecule has 0 spiro atoms. The summed E-state index contributed by atoms with van der Waals surface area (Å²) in [5.41, 5.74) is 6.15. The maximum absolute atomic E-state index is 12.9. The number of piperidine rings is 1. The van der Waals surface area contributed by atoms with Crippen LogP contribution in [0.4, 0.5) is 0 Å². The monoisotopic (exact) mass is 322 g/mol. The SMILES string of the molecule is COc1cc(OC)c(C(=O)N2CCCC(CCN)C2)cc1OC. The topological polar surface area (TPSA) is 74.0 Å². The van der Waals surface area contributed by atoms with Gasteiger partial charge in [-0.3, -0.25) is 4.79 Å². The molecule has 0 radical (unpaired) electrons. The van der Waals surface area contributed by atoms with E-state index in [1.165, 1.54) is 0 Å². The van der Waals surface area contributed by atoms with E-state index in [0.717, 1.165) is 32.4 Å². The van der Waals surface area contributed by atoms with Crippen LogP contribution >= 0.6 is 0 Å². The van der Waals surface area contributed by atoms with Crippen LogP contribution in [-0.2, 0) is 0 Å². The number of rotatable bonds is 6. The number of benzene rings is 1. The van der Waals surface area contributed by atoms with Gasteiger partial charge in [0.05, 0.1) is 26.9 Å². The van der Waals surface area contributed by atoms with E-state index in [1.54, 1.807) is 33.5 Å². The van der Waals surface area contributed by atoms with E-state index in [1.807, 2.05) is 4.90 Å². The number of ether oxygens (including phenoxy) is 3. The minimum Gasteiger partial charge on any atom is -0.496 e. The van der Waals surface area contributed by atoms with Crippen LogP contribution in [0.1, 0.15) is 29.6 Å². The van der Waals surface area contributed by atoms with E-state index in [9.17, 15) is 4.79 Å². The number of carbonyl (C=O) groups is 1. The molecule has 1 saturated heterocycles. The third-order valence-electron chi connectivity index (χ3n) is 4.32. The Morgan fingerprint density at radius 3 is 2.43 bits per heavy atom. The zero-order chi connectivity index (χ0) is 16.8. The Labute approximate surface area is 137 Å². The third kappa shape index (κ3) is 3.88. The lowest BCUT2D eigenvalue weighted by Crippen LogP contribution is -2.40. The second kappa shape index (κ2) is 8.06. The van der Waals surface area contributed by atoms with Crippen LogP contribution in [0, 0.1) is 5.92 Å². The molecule has 0 aromatic heterocycles. The van der Waals surface area contributed by atoms with Gasteiger partial charge in [0.25, 0.3) is 5.91 Å². The molecule has 1 aliphatic heterocycles. The molecule has 0 bridgehead atoms. The van der Waals surface area contributed by atoms with Crippen molar-refractivity contribution < 1.29 is 19.0 Å². The number of amides is 1. The highest BCUT2D eigenvalue weighted by atomic mass is 16.5. The maximum atomic E-state index is 12.9. The van der Waals surface area contributed by atoms with Crippen molar-refractivity contribution in [3.63, 3.8) is 0 Å². The van der Waals surface area contributed by atoms with Gasteiger partial charge in [0.15, 0.2) is 11.5 Å². The molecule has 1 amide bonds. The van der Waals surface area contributed by atoms with Gasteiger partial charge in [-0.2, -0.15) is 0 Å². The molecule has 6 nitrogen and oxygen atoms in total. The standard InChI is InChI=1S/C17H26N2O4/c1-21-14-10-16(23-3)15(22-2)9-13(14)17(20)19-8-4-5-12(11-19)6-7-18/h9-10,12H,4-8,11,18H2,1-3H3. The average Bonchev–Trinajstić information content (AvgIpc) is 2.60. The van der Waals surface area contributed by atoms with E-state index in [4.69, 9.17) is 19.9 Å². The summed E-state index contributed by atoms with van der Waals surface area (Å²) in [4.78, 5) is 14.8. The summed E-state index contributed by atoms with van der Waals surface area (Å²) in [5.74, 6) is 2.00. The zero-order valence-electron chi connectivity index (χ0n) is 14.1. The molecule has 1 aromatic rings. The number of hydrogen-bond donors (Lipinski definition) is 1. The molecule has 1 atom stereocenters. The summed E-state index contributed by atoms with van der Waals surface area (Å²) in [6.45, 7) is 2.16. The van der Waals surface area contributed by atoms with Gasteiger partial charge in [-0.05, 0) is 31.7 Å². The van der Waals surface area contributed by atoms with E-state index in [-0.39, 0.29) is 5.91 Å². The Kier molecular flexibility index (Phi) is 6.10. The van der Waals surface area contributed by atoms with E-state index < -0.39 is 0 Å². The van der Waals surface area contributed by atoms with Crippen LogP contribution in [0.15, 0.2) is 12.1 Å². The van der Waals surface area contributed by atoms with Crippen LogP contribution in [0.25, 0.3) is 0 Å². The van der Waals surface area contributed by atoms with Crippen LogP contribution in [-0.4, -0.2) is 51.8 Å². The molecule has 1 aromatic carbocycles. The first-order valence-electron chi connectivity index (χ1n) is 7.93. The van der Waals surface area contributed by atoms with Crippen LogP contribution in [0.3, 0.4) is 0 Å². The van der Waals surface area contributed by atoms with Gasteiger partial charge in [-0.1, -0.05) is 0 Å². The number of nitrogens with zero attached hydrogens (tertiary/aromatic N) is 1. The molecule has 1 aliphatic rings. The summed E-state index contributed by atoms with van der Waals surface area (Å²) in [6, 6.07) is 3.37. The fourth-order valence-corrected chi connectivity index (χ4v) is 3.09. The second-order valence-corrected chi connectivity index (χ2v) is 5.74. The summed E-state index contributed by atoms with van der Waals surface area (Å²) >= 11 is 0. The number of methoxy groups -OCH3 is 3. The lowest BCUT2D eigenvalue weighted by molar-refractivity contribution is 0.0665. The third-order valence-corrected chi connectivity index (χ3v) is 4.32. The molecule has 6 heteroatoms. The second-order valence-electron chi connectivity index (χ2n) is 5.74. The highest BCUT2D eigenvalue weighted by Crippen LogP contribution is 2.35. The van der Waals surface area contributed by atoms with Crippen LogP contribution in [0.5, 0.6) is 17.2 Å². The summed E-state index contributed by atoms with van der Waals surface area (Å²) in [7, 11) is 4.66. The Morgan fingerprint density at radius 2 is 1.83 bits per heavy atom. The van der Waals surface area contributed by atoms with Gasteiger partial charge in [0, 0.05) is 25.2 Å². The lowest BCUT2D eigenvalue weighted by atomic mass is 9.94. The van der Waals surface area contributed by atoms with Crippen molar-refractivity contribution in [2.45, 2.75) is 19.3 Å².